The molecule has 0 unspecified atom stereocenters. The van der Waals surface area contributed by atoms with Gasteiger partial charge in [0.05, 0.1) is 25.3 Å². The summed E-state index contributed by atoms with van der Waals surface area (Å²) >= 11 is 0. The number of allylic oxidation sites excluding steroid dienone is 1. The maximum Gasteiger partial charge on any atom is 0.346 e. The lowest BCUT2D eigenvalue weighted by Crippen LogP contribution is -2.11. The van der Waals surface area contributed by atoms with Crippen molar-refractivity contribution in [3.63, 3.8) is 0 Å². The molecule has 152 valence electrons. The highest BCUT2D eigenvalue weighted by atomic mass is 19.1. The van der Waals surface area contributed by atoms with Gasteiger partial charge < -0.3 is 14.2 Å². The Labute approximate surface area is 173 Å². The van der Waals surface area contributed by atoms with Crippen molar-refractivity contribution >= 4 is 17.8 Å². The Morgan fingerprint density at radius 3 is 2.30 bits per heavy atom. The lowest BCUT2D eigenvalue weighted by atomic mass is 10.1. The van der Waals surface area contributed by atoms with Crippen LogP contribution in [0, 0.1) is 5.82 Å². The van der Waals surface area contributed by atoms with E-state index in [9.17, 15) is 14.0 Å². The van der Waals surface area contributed by atoms with Gasteiger partial charge in [0.25, 0.3) is 0 Å². The minimum absolute atomic E-state index is 0.171. The van der Waals surface area contributed by atoms with Gasteiger partial charge in [0, 0.05) is 11.6 Å². The van der Waals surface area contributed by atoms with E-state index < -0.39 is 11.8 Å². The Balaban J connectivity index is 1.83. The molecule has 0 heterocycles. The van der Waals surface area contributed by atoms with Gasteiger partial charge in [0.2, 0.25) is 0 Å². The molecule has 5 nitrogen and oxygen atoms in total. The Kier molecular flexibility index (Phi) is 6.60. The summed E-state index contributed by atoms with van der Waals surface area (Å²) in [5, 5.41) is 0. The first kappa shape index (κ1) is 20.8. The van der Waals surface area contributed by atoms with Gasteiger partial charge in [-0.3, -0.25) is 4.79 Å². The van der Waals surface area contributed by atoms with Crippen LogP contribution in [0.2, 0.25) is 0 Å². The topological polar surface area (TPSA) is 61.8 Å². The van der Waals surface area contributed by atoms with Crippen LogP contribution in [0.3, 0.4) is 0 Å². The number of halogens is 1. The van der Waals surface area contributed by atoms with Gasteiger partial charge in [0.15, 0.2) is 5.78 Å². The zero-order chi connectivity index (χ0) is 21.5. The molecule has 0 N–H and O–H groups in total. The van der Waals surface area contributed by atoms with E-state index in [0.717, 1.165) is 0 Å². The number of carbonyl (C=O) groups is 2. The van der Waals surface area contributed by atoms with Crippen LogP contribution in [0.1, 0.15) is 26.3 Å². The SMILES string of the molecule is COc1ccc(C(=O)/C=C/c2ccccc2OC(=O)c2ccccc2F)c(OC)c1. The molecule has 0 radical (unpaired) electrons. The lowest BCUT2D eigenvalue weighted by molar-refractivity contribution is 0.0729. The van der Waals surface area contributed by atoms with Crippen molar-refractivity contribution in [2.75, 3.05) is 14.2 Å². The molecule has 0 saturated carbocycles. The summed E-state index contributed by atoms with van der Waals surface area (Å²) in [7, 11) is 2.99. The average molecular weight is 406 g/mol. The molecule has 0 spiro atoms. The van der Waals surface area contributed by atoms with Crippen molar-refractivity contribution in [3.05, 3.63) is 95.3 Å². The fraction of sp³-hybridized carbons (Fsp3) is 0.0833. The molecule has 0 aliphatic heterocycles. The van der Waals surface area contributed by atoms with Gasteiger partial charge in [-0.2, -0.15) is 0 Å². The number of ketones is 1. The van der Waals surface area contributed by atoms with Crippen molar-refractivity contribution in [1.29, 1.82) is 0 Å². The molecule has 0 aromatic heterocycles. The number of hydrogen-bond donors (Lipinski definition) is 0. The smallest absolute Gasteiger partial charge is 0.346 e. The Morgan fingerprint density at radius 2 is 1.57 bits per heavy atom. The van der Waals surface area contributed by atoms with Crippen LogP contribution >= 0.6 is 0 Å². The highest BCUT2D eigenvalue weighted by molar-refractivity contribution is 6.09. The molecule has 30 heavy (non-hydrogen) atoms. The molecule has 6 heteroatoms. The first-order valence-electron chi connectivity index (χ1n) is 9.03. The summed E-state index contributed by atoms with van der Waals surface area (Å²) in [5.74, 6) is -0.642. The maximum atomic E-state index is 13.8. The summed E-state index contributed by atoms with van der Waals surface area (Å²) in [5.41, 5.74) is 0.675. The number of para-hydroxylation sites is 1. The predicted molar refractivity (Wildman–Crippen MR) is 111 cm³/mol. The van der Waals surface area contributed by atoms with Gasteiger partial charge in [-0.05, 0) is 42.5 Å². The first-order valence-corrected chi connectivity index (χ1v) is 9.03. The molecule has 0 atom stereocenters. The molecular weight excluding hydrogens is 387 g/mol. The Hall–Kier alpha value is -3.93. The zero-order valence-corrected chi connectivity index (χ0v) is 16.4. The number of hydrogen-bond acceptors (Lipinski definition) is 5. The summed E-state index contributed by atoms with van der Waals surface area (Å²) in [6.07, 6.45) is 2.87. The molecule has 0 aliphatic rings. The first-order chi connectivity index (χ1) is 14.5. The molecule has 0 saturated heterocycles. The number of carbonyl (C=O) groups excluding carboxylic acids is 2. The molecule has 3 aromatic rings. The van der Waals surface area contributed by atoms with Crippen LogP contribution in [0.25, 0.3) is 6.08 Å². The normalized spacial score (nSPS) is 10.6. The van der Waals surface area contributed by atoms with Crippen LogP contribution in [-0.2, 0) is 0 Å². The molecule has 3 aromatic carbocycles. The van der Waals surface area contributed by atoms with E-state index in [1.54, 1.807) is 48.5 Å². The van der Waals surface area contributed by atoms with Gasteiger partial charge in [0.1, 0.15) is 23.1 Å². The number of esters is 1. The van der Waals surface area contributed by atoms with Crippen molar-refractivity contribution < 1.29 is 28.2 Å². The third-order valence-electron chi connectivity index (χ3n) is 4.30. The quantitative estimate of drug-likeness (QED) is 0.240. The average Bonchev–Trinajstić information content (AvgIpc) is 2.78. The molecule has 0 bridgehead atoms. The minimum atomic E-state index is -0.822. The van der Waals surface area contributed by atoms with Crippen molar-refractivity contribution in [1.82, 2.24) is 0 Å². The van der Waals surface area contributed by atoms with Crippen molar-refractivity contribution in [2.45, 2.75) is 0 Å². The maximum absolute atomic E-state index is 13.8. The molecular formula is C24H19FO5. The Morgan fingerprint density at radius 1 is 0.833 bits per heavy atom. The van der Waals surface area contributed by atoms with Crippen LogP contribution in [-0.4, -0.2) is 26.0 Å². The number of benzene rings is 3. The van der Waals surface area contributed by atoms with E-state index in [1.807, 2.05) is 0 Å². The van der Waals surface area contributed by atoms with Gasteiger partial charge >= 0.3 is 5.97 Å². The number of ether oxygens (including phenoxy) is 3. The van der Waals surface area contributed by atoms with Crippen molar-refractivity contribution in [3.8, 4) is 17.2 Å². The largest absolute Gasteiger partial charge is 0.497 e. The lowest BCUT2D eigenvalue weighted by Gasteiger charge is -2.09. The van der Waals surface area contributed by atoms with E-state index in [1.165, 1.54) is 44.6 Å². The van der Waals surface area contributed by atoms with E-state index in [-0.39, 0.29) is 17.1 Å². The highest BCUT2D eigenvalue weighted by Gasteiger charge is 2.15. The summed E-state index contributed by atoms with van der Waals surface area (Å²) in [4.78, 5) is 24.9. The minimum Gasteiger partial charge on any atom is -0.497 e. The summed E-state index contributed by atoms with van der Waals surface area (Å²) in [6.45, 7) is 0. The van der Waals surface area contributed by atoms with Crippen molar-refractivity contribution in [2.24, 2.45) is 0 Å². The third-order valence-corrected chi connectivity index (χ3v) is 4.30. The Bertz CT molecular complexity index is 1100. The standard InChI is InChI=1S/C24H19FO5/c1-28-17-12-13-19(23(15-17)29-2)21(26)14-11-16-7-3-6-10-22(16)30-24(27)18-8-4-5-9-20(18)25/h3-15H,1-2H3/b14-11+. The molecule has 0 amide bonds. The van der Waals surface area contributed by atoms with E-state index >= 15 is 0 Å². The van der Waals surface area contributed by atoms with Crippen LogP contribution < -0.4 is 14.2 Å². The highest BCUT2D eigenvalue weighted by Crippen LogP contribution is 2.26. The van der Waals surface area contributed by atoms with E-state index in [4.69, 9.17) is 14.2 Å². The predicted octanol–water partition coefficient (Wildman–Crippen LogP) is 4.96. The summed E-state index contributed by atoms with van der Waals surface area (Å²) in [6, 6.07) is 17.1. The fourth-order valence-corrected chi connectivity index (χ4v) is 2.75. The zero-order valence-electron chi connectivity index (χ0n) is 16.4. The summed E-state index contributed by atoms with van der Waals surface area (Å²) < 4.78 is 29.6. The molecule has 0 fully saturated rings. The van der Waals surface area contributed by atoms with Crippen LogP contribution in [0.5, 0.6) is 17.2 Å². The van der Waals surface area contributed by atoms with E-state index in [0.29, 0.717) is 22.6 Å². The second-order valence-electron chi connectivity index (χ2n) is 6.17. The molecule has 3 rings (SSSR count). The number of rotatable bonds is 7. The van der Waals surface area contributed by atoms with Crippen LogP contribution in [0.4, 0.5) is 4.39 Å². The monoisotopic (exact) mass is 406 g/mol. The molecule has 0 aliphatic carbocycles. The number of methoxy groups -OCH3 is 2. The van der Waals surface area contributed by atoms with Gasteiger partial charge in [-0.25, -0.2) is 9.18 Å². The van der Waals surface area contributed by atoms with E-state index in [2.05, 4.69) is 0 Å². The second kappa shape index (κ2) is 9.52. The second-order valence-corrected chi connectivity index (χ2v) is 6.17. The van der Waals surface area contributed by atoms with Gasteiger partial charge in [-0.15, -0.1) is 0 Å². The van der Waals surface area contributed by atoms with Gasteiger partial charge in [-0.1, -0.05) is 30.3 Å². The third kappa shape index (κ3) is 4.72. The van der Waals surface area contributed by atoms with Crippen LogP contribution in [0.15, 0.2) is 72.8 Å². The fourth-order valence-electron chi connectivity index (χ4n) is 2.75.